The Morgan fingerprint density at radius 1 is 1.26 bits per heavy atom. The highest BCUT2D eigenvalue weighted by molar-refractivity contribution is 9.10. The van der Waals surface area contributed by atoms with Crippen molar-refractivity contribution in [2.75, 3.05) is 5.73 Å². The van der Waals surface area contributed by atoms with Gasteiger partial charge in [-0.1, -0.05) is 28.1 Å². The monoisotopic (exact) mass is 322 g/mol. The molecule has 2 aromatic carbocycles. The zero-order chi connectivity index (χ0) is 13.8. The van der Waals surface area contributed by atoms with Gasteiger partial charge in [0.2, 0.25) is 0 Å². The molecule has 2 rings (SSSR count). The lowest BCUT2D eigenvalue weighted by atomic mass is 10.1. The van der Waals surface area contributed by atoms with Crippen molar-refractivity contribution < 1.29 is 9.18 Å². The van der Waals surface area contributed by atoms with Gasteiger partial charge in [-0.05, 0) is 30.3 Å². The molecule has 19 heavy (non-hydrogen) atoms. The van der Waals surface area contributed by atoms with E-state index in [-0.39, 0.29) is 18.3 Å². The Labute approximate surface area is 118 Å². The molecule has 1 amide bonds. The molecule has 0 aliphatic rings. The van der Waals surface area contributed by atoms with Crippen molar-refractivity contribution in [3.63, 3.8) is 0 Å². The van der Waals surface area contributed by atoms with E-state index in [4.69, 9.17) is 5.73 Å². The number of rotatable bonds is 3. The summed E-state index contributed by atoms with van der Waals surface area (Å²) in [5, 5.41) is 2.64. The SMILES string of the molecule is Nc1ccccc1C(=O)NCc1cc(Br)ccc1F. The van der Waals surface area contributed by atoms with E-state index in [2.05, 4.69) is 21.2 Å². The summed E-state index contributed by atoms with van der Waals surface area (Å²) in [6, 6.07) is 11.3. The largest absolute Gasteiger partial charge is 0.398 e. The molecule has 0 bridgehead atoms. The summed E-state index contributed by atoms with van der Waals surface area (Å²) in [6.07, 6.45) is 0. The normalized spacial score (nSPS) is 10.2. The predicted molar refractivity (Wildman–Crippen MR) is 76.1 cm³/mol. The van der Waals surface area contributed by atoms with Gasteiger partial charge in [-0.3, -0.25) is 4.79 Å². The number of benzene rings is 2. The van der Waals surface area contributed by atoms with Gasteiger partial charge in [0, 0.05) is 22.3 Å². The topological polar surface area (TPSA) is 55.1 Å². The van der Waals surface area contributed by atoms with Crippen LogP contribution in [-0.4, -0.2) is 5.91 Å². The van der Waals surface area contributed by atoms with Gasteiger partial charge in [-0.25, -0.2) is 4.39 Å². The second kappa shape index (κ2) is 5.84. The number of carbonyl (C=O) groups is 1. The quantitative estimate of drug-likeness (QED) is 0.853. The number of amides is 1. The first-order chi connectivity index (χ1) is 9.08. The van der Waals surface area contributed by atoms with Crippen LogP contribution in [0.15, 0.2) is 46.9 Å². The second-order valence-electron chi connectivity index (χ2n) is 4.01. The summed E-state index contributed by atoms with van der Waals surface area (Å²) >= 11 is 3.26. The average Bonchev–Trinajstić information content (AvgIpc) is 2.40. The molecule has 0 saturated heterocycles. The van der Waals surface area contributed by atoms with Crippen LogP contribution in [0, 0.1) is 5.82 Å². The number of hydrogen-bond donors (Lipinski definition) is 2. The Balaban J connectivity index is 2.09. The van der Waals surface area contributed by atoms with Crippen molar-refractivity contribution in [2.24, 2.45) is 0 Å². The minimum atomic E-state index is -0.357. The maximum absolute atomic E-state index is 13.5. The third-order valence-electron chi connectivity index (χ3n) is 2.65. The number of halogens is 2. The zero-order valence-electron chi connectivity index (χ0n) is 9.99. The molecule has 0 spiro atoms. The van der Waals surface area contributed by atoms with Gasteiger partial charge < -0.3 is 11.1 Å². The third-order valence-corrected chi connectivity index (χ3v) is 3.15. The molecule has 0 aromatic heterocycles. The molecule has 0 radical (unpaired) electrons. The fourth-order valence-electron chi connectivity index (χ4n) is 1.65. The first-order valence-corrected chi connectivity index (χ1v) is 6.44. The van der Waals surface area contributed by atoms with Gasteiger partial charge in [0.05, 0.1) is 5.56 Å². The Kier molecular flexibility index (Phi) is 4.16. The highest BCUT2D eigenvalue weighted by atomic mass is 79.9. The summed E-state index contributed by atoms with van der Waals surface area (Å²) in [4.78, 5) is 11.9. The molecule has 0 fully saturated rings. The number of nitrogen functional groups attached to an aromatic ring is 1. The number of anilines is 1. The Bertz CT molecular complexity index is 616. The lowest BCUT2D eigenvalue weighted by Crippen LogP contribution is -2.24. The van der Waals surface area contributed by atoms with E-state index in [0.717, 1.165) is 4.47 Å². The van der Waals surface area contributed by atoms with Crippen LogP contribution in [0.4, 0.5) is 10.1 Å². The smallest absolute Gasteiger partial charge is 0.253 e. The van der Waals surface area contributed by atoms with Gasteiger partial charge in [-0.15, -0.1) is 0 Å². The highest BCUT2D eigenvalue weighted by Gasteiger charge is 2.10. The van der Waals surface area contributed by atoms with Crippen LogP contribution in [0.5, 0.6) is 0 Å². The molecule has 0 heterocycles. The number of nitrogens with two attached hydrogens (primary N) is 1. The van der Waals surface area contributed by atoms with Gasteiger partial charge in [0.25, 0.3) is 5.91 Å². The summed E-state index contributed by atoms with van der Waals surface area (Å²) < 4.78 is 14.3. The molecule has 3 nitrogen and oxygen atoms in total. The summed E-state index contributed by atoms with van der Waals surface area (Å²) in [7, 11) is 0. The highest BCUT2D eigenvalue weighted by Crippen LogP contribution is 2.16. The lowest BCUT2D eigenvalue weighted by molar-refractivity contribution is 0.0951. The fraction of sp³-hybridized carbons (Fsp3) is 0.0714. The molecule has 0 atom stereocenters. The summed E-state index contributed by atoms with van der Waals surface area (Å²) in [5.41, 5.74) is 6.90. The maximum atomic E-state index is 13.5. The second-order valence-corrected chi connectivity index (χ2v) is 4.92. The van der Waals surface area contributed by atoms with E-state index in [1.807, 2.05) is 0 Å². The summed E-state index contributed by atoms with van der Waals surface area (Å²) in [5.74, 6) is -0.679. The Hall–Kier alpha value is -1.88. The van der Waals surface area contributed by atoms with Crippen LogP contribution >= 0.6 is 15.9 Å². The van der Waals surface area contributed by atoms with Crippen molar-refractivity contribution in [1.29, 1.82) is 0 Å². The average molecular weight is 323 g/mol. The van der Waals surface area contributed by atoms with Crippen LogP contribution in [0.1, 0.15) is 15.9 Å². The van der Waals surface area contributed by atoms with Crippen LogP contribution < -0.4 is 11.1 Å². The van der Waals surface area contributed by atoms with Crippen molar-refractivity contribution in [3.8, 4) is 0 Å². The van der Waals surface area contributed by atoms with Crippen molar-refractivity contribution >= 4 is 27.5 Å². The molecule has 0 saturated carbocycles. The van der Waals surface area contributed by atoms with Crippen molar-refractivity contribution in [3.05, 3.63) is 63.9 Å². The van der Waals surface area contributed by atoms with E-state index in [1.165, 1.54) is 6.07 Å². The Morgan fingerprint density at radius 3 is 2.74 bits per heavy atom. The molecule has 98 valence electrons. The van der Waals surface area contributed by atoms with Crippen LogP contribution in [-0.2, 0) is 6.54 Å². The van der Waals surface area contributed by atoms with Crippen molar-refractivity contribution in [2.45, 2.75) is 6.54 Å². The molecular weight excluding hydrogens is 311 g/mol. The van der Waals surface area contributed by atoms with Gasteiger partial charge in [-0.2, -0.15) is 0 Å². The maximum Gasteiger partial charge on any atom is 0.253 e. The van der Waals surface area contributed by atoms with Gasteiger partial charge >= 0.3 is 0 Å². The van der Waals surface area contributed by atoms with E-state index < -0.39 is 0 Å². The third kappa shape index (κ3) is 3.32. The lowest BCUT2D eigenvalue weighted by Gasteiger charge is -2.08. The summed E-state index contributed by atoms with van der Waals surface area (Å²) in [6.45, 7) is 0.110. The molecule has 2 aromatic rings. The number of nitrogens with one attached hydrogen (secondary N) is 1. The van der Waals surface area contributed by atoms with E-state index in [9.17, 15) is 9.18 Å². The fourth-order valence-corrected chi connectivity index (χ4v) is 2.06. The number of hydrogen-bond acceptors (Lipinski definition) is 2. The first-order valence-electron chi connectivity index (χ1n) is 5.64. The minimum Gasteiger partial charge on any atom is -0.398 e. The van der Waals surface area contributed by atoms with Crippen LogP contribution in [0.25, 0.3) is 0 Å². The molecule has 3 N–H and O–H groups in total. The van der Waals surface area contributed by atoms with E-state index in [1.54, 1.807) is 36.4 Å². The molecular formula is C14H12BrFN2O. The van der Waals surface area contributed by atoms with Crippen LogP contribution in [0.2, 0.25) is 0 Å². The standard InChI is InChI=1S/C14H12BrFN2O/c15-10-5-6-12(16)9(7-10)8-18-14(19)11-3-1-2-4-13(11)17/h1-7H,8,17H2,(H,18,19). The first kappa shape index (κ1) is 13.5. The predicted octanol–water partition coefficient (Wildman–Crippen LogP) is 3.10. The van der Waals surface area contributed by atoms with Gasteiger partial charge in [0.1, 0.15) is 5.82 Å². The molecule has 0 aliphatic heterocycles. The molecule has 0 aliphatic carbocycles. The zero-order valence-corrected chi connectivity index (χ0v) is 11.6. The van der Waals surface area contributed by atoms with Crippen LogP contribution in [0.3, 0.4) is 0 Å². The minimum absolute atomic E-state index is 0.110. The molecule has 5 heteroatoms. The van der Waals surface area contributed by atoms with Crippen molar-refractivity contribution in [1.82, 2.24) is 5.32 Å². The molecule has 0 unspecified atom stereocenters. The Morgan fingerprint density at radius 2 is 2.00 bits per heavy atom. The van der Waals surface area contributed by atoms with E-state index >= 15 is 0 Å². The number of carbonyl (C=O) groups excluding carboxylic acids is 1. The van der Waals surface area contributed by atoms with Gasteiger partial charge in [0.15, 0.2) is 0 Å². The number of para-hydroxylation sites is 1. The van der Waals surface area contributed by atoms with E-state index in [0.29, 0.717) is 16.8 Å².